The summed E-state index contributed by atoms with van der Waals surface area (Å²) in [6, 6.07) is 4.08. The van der Waals surface area contributed by atoms with Crippen molar-refractivity contribution < 1.29 is 19.8 Å². The fraction of sp³-hybridized carbons (Fsp3) is 0.273. The average Bonchev–Trinajstić information content (AvgIpc) is 2.21. The highest BCUT2D eigenvalue weighted by Gasteiger charge is 2.20. The van der Waals surface area contributed by atoms with Gasteiger partial charge >= 0.3 is 11.9 Å². The van der Waals surface area contributed by atoms with E-state index in [0.29, 0.717) is 5.69 Å². The summed E-state index contributed by atoms with van der Waals surface area (Å²) >= 11 is 3.33. The Morgan fingerprint density at radius 2 is 2.06 bits per heavy atom. The molecule has 0 heterocycles. The second-order valence-electron chi connectivity index (χ2n) is 3.60. The van der Waals surface area contributed by atoms with E-state index < -0.39 is 24.4 Å². The lowest BCUT2D eigenvalue weighted by atomic mass is 10.1. The molecule has 0 aromatic heterocycles. The number of nitrogens with one attached hydrogen (secondary N) is 1. The van der Waals surface area contributed by atoms with Gasteiger partial charge in [-0.3, -0.25) is 4.79 Å². The molecule has 5 nitrogen and oxygen atoms in total. The minimum Gasteiger partial charge on any atom is -0.481 e. The number of halogens is 1. The van der Waals surface area contributed by atoms with E-state index in [0.717, 1.165) is 10.0 Å². The Morgan fingerprint density at radius 3 is 2.53 bits per heavy atom. The van der Waals surface area contributed by atoms with E-state index in [9.17, 15) is 9.59 Å². The van der Waals surface area contributed by atoms with Crippen LogP contribution in [0.1, 0.15) is 12.0 Å². The molecule has 0 aliphatic heterocycles. The van der Waals surface area contributed by atoms with Gasteiger partial charge in [0.1, 0.15) is 6.04 Å². The van der Waals surface area contributed by atoms with E-state index in [1.807, 2.05) is 6.92 Å². The van der Waals surface area contributed by atoms with Gasteiger partial charge in [0.15, 0.2) is 0 Å². The van der Waals surface area contributed by atoms with E-state index >= 15 is 0 Å². The summed E-state index contributed by atoms with van der Waals surface area (Å²) < 4.78 is 0.910. The molecular formula is C11H12BrNO4. The van der Waals surface area contributed by atoms with Crippen LogP contribution in [0.25, 0.3) is 0 Å². The van der Waals surface area contributed by atoms with Crippen LogP contribution in [0.4, 0.5) is 5.69 Å². The lowest BCUT2D eigenvalue weighted by Crippen LogP contribution is -2.31. The Morgan fingerprint density at radius 1 is 1.41 bits per heavy atom. The predicted octanol–water partition coefficient (Wildman–Crippen LogP) is 2.10. The number of aliphatic carboxylic acids is 2. The fourth-order valence-electron chi connectivity index (χ4n) is 1.31. The summed E-state index contributed by atoms with van der Waals surface area (Å²) in [5, 5.41) is 20.1. The first kappa shape index (κ1) is 13.5. The van der Waals surface area contributed by atoms with Crippen molar-refractivity contribution >= 4 is 33.6 Å². The molecule has 1 atom stereocenters. The standard InChI is InChI=1S/C11H12BrNO4/c1-6-4-7(2-3-8(6)12)13-9(11(16)17)5-10(14)15/h2-4,9,13H,5H2,1H3,(H,14,15)(H,16,17). The maximum Gasteiger partial charge on any atom is 0.326 e. The van der Waals surface area contributed by atoms with Gasteiger partial charge in [-0.25, -0.2) is 4.79 Å². The zero-order chi connectivity index (χ0) is 13.0. The Balaban J connectivity index is 2.82. The summed E-state index contributed by atoms with van der Waals surface area (Å²) in [7, 11) is 0. The highest BCUT2D eigenvalue weighted by Crippen LogP contribution is 2.20. The van der Waals surface area contributed by atoms with E-state index in [-0.39, 0.29) is 0 Å². The van der Waals surface area contributed by atoms with Gasteiger partial charge in [-0.05, 0) is 30.7 Å². The van der Waals surface area contributed by atoms with Crippen molar-refractivity contribution in [3.63, 3.8) is 0 Å². The van der Waals surface area contributed by atoms with Crippen molar-refractivity contribution in [1.29, 1.82) is 0 Å². The van der Waals surface area contributed by atoms with Gasteiger partial charge in [-0.1, -0.05) is 15.9 Å². The van der Waals surface area contributed by atoms with E-state index in [1.165, 1.54) is 0 Å². The van der Waals surface area contributed by atoms with Gasteiger partial charge in [0, 0.05) is 10.2 Å². The van der Waals surface area contributed by atoms with Crippen LogP contribution < -0.4 is 5.32 Å². The Hall–Kier alpha value is -1.56. The molecule has 1 unspecified atom stereocenters. The number of benzene rings is 1. The minimum atomic E-state index is -1.19. The van der Waals surface area contributed by atoms with Crippen molar-refractivity contribution in [2.75, 3.05) is 5.32 Å². The number of carboxylic acid groups (broad SMARTS) is 2. The quantitative estimate of drug-likeness (QED) is 0.775. The maximum atomic E-state index is 10.9. The van der Waals surface area contributed by atoms with Gasteiger partial charge in [-0.2, -0.15) is 0 Å². The van der Waals surface area contributed by atoms with Crippen LogP contribution in [0.2, 0.25) is 0 Å². The van der Waals surface area contributed by atoms with Crippen molar-refractivity contribution in [1.82, 2.24) is 0 Å². The molecule has 0 bridgehead atoms. The Bertz CT molecular complexity index is 447. The summed E-state index contributed by atoms with van der Waals surface area (Å²) in [6.45, 7) is 1.86. The molecule has 1 rings (SSSR count). The van der Waals surface area contributed by atoms with Crippen LogP contribution in [-0.2, 0) is 9.59 Å². The second-order valence-corrected chi connectivity index (χ2v) is 4.45. The SMILES string of the molecule is Cc1cc(NC(CC(=O)O)C(=O)O)ccc1Br. The predicted molar refractivity (Wildman–Crippen MR) is 66.2 cm³/mol. The first-order valence-corrected chi connectivity index (χ1v) is 5.66. The highest BCUT2D eigenvalue weighted by molar-refractivity contribution is 9.10. The molecule has 3 N–H and O–H groups in total. The molecule has 0 aliphatic rings. The molecule has 1 aromatic rings. The third-order valence-corrected chi connectivity index (χ3v) is 3.07. The number of aryl methyl sites for hydroxylation is 1. The lowest BCUT2D eigenvalue weighted by Gasteiger charge is -2.14. The third-order valence-electron chi connectivity index (χ3n) is 2.18. The van der Waals surface area contributed by atoms with Crippen molar-refractivity contribution in [2.24, 2.45) is 0 Å². The number of hydrogen-bond donors (Lipinski definition) is 3. The molecule has 0 fully saturated rings. The lowest BCUT2D eigenvalue weighted by molar-refractivity contribution is -0.144. The normalized spacial score (nSPS) is 11.9. The maximum absolute atomic E-state index is 10.9. The fourth-order valence-corrected chi connectivity index (χ4v) is 1.56. The topological polar surface area (TPSA) is 86.6 Å². The summed E-state index contributed by atoms with van der Waals surface area (Å²) in [6.07, 6.45) is -0.468. The first-order valence-electron chi connectivity index (χ1n) is 4.87. The molecule has 6 heteroatoms. The molecule has 92 valence electrons. The molecule has 0 amide bonds. The van der Waals surface area contributed by atoms with Crippen LogP contribution >= 0.6 is 15.9 Å². The van der Waals surface area contributed by atoms with Gasteiger partial charge in [0.05, 0.1) is 6.42 Å². The molecule has 0 saturated carbocycles. The van der Waals surface area contributed by atoms with E-state index in [2.05, 4.69) is 21.2 Å². The van der Waals surface area contributed by atoms with E-state index in [4.69, 9.17) is 10.2 Å². The molecule has 0 aliphatic carbocycles. The molecule has 0 spiro atoms. The van der Waals surface area contributed by atoms with E-state index in [1.54, 1.807) is 18.2 Å². The van der Waals surface area contributed by atoms with Crippen molar-refractivity contribution in [3.05, 3.63) is 28.2 Å². The van der Waals surface area contributed by atoms with Gasteiger partial charge < -0.3 is 15.5 Å². The van der Waals surface area contributed by atoms with Gasteiger partial charge in [-0.15, -0.1) is 0 Å². The Labute approximate surface area is 107 Å². The summed E-state index contributed by atoms with van der Waals surface area (Å²) in [5.41, 5.74) is 1.52. The molecular weight excluding hydrogens is 290 g/mol. The first-order chi connectivity index (χ1) is 7.90. The molecule has 0 saturated heterocycles. The van der Waals surface area contributed by atoms with Crippen LogP contribution in [0.3, 0.4) is 0 Å². The van der Waals surface area contributed by atoms with Gasteiger partial charge in [0.2, 0.25) is 0 Å². The molecule has 1 aromatic carbocycles. The zero-order valence-corrected chi connectivity index (χ0v) is 10.7. The smallest absolute Gasteiger partial charge is 0.326 e. The molecule has 17 heavy (non-hydrogen) atoms. The van der Waals surface area contributed by atoms with Crippen LogP contribution in [0.15, 0.2) is 22.7 Å². The second kappa shape index (κ2) is 5.67. The van der Waals surface area contributed by atoms with Crippen molar-refractivity contribution in [3.8, 4) is 0 Å². The summed E-state index contributed by atoms with van der Waals surface area (Å²) in [5.74, 6) is -2.34. The van der Waals surface area contributed by atoms with Crippen LogP contribution in [0.5, 0.6) is 0 Å². The monoisotopic (exact) mass is 301 g/mol. The number of hydrogen-bond acceptors (Lipinski definition) is 3. The van der Waals surface area contributed by atoms with Crippen molar-refractivity contribution in [2.45, 2.75) is 19.4 Å². The van der Waals surface area contributed by atoms with Crippen LogP contribution in [-0.4, -0.2) is 28.2 Å². The Kier molecular flexibility index (Phi) is 4.51. The number of carboxylic acids is 2. The van der Waals surface area contributed by atoms with Crippen LogP contribution in [0, 0.1) is 6.92 Å². The number of carbonyl (C=O) groups is 2. The highest BCUT2D eigenvalue weighted by atomic mass is 79.9. The number of rotatable bonds is 5. The third kappa shape index (κ3) is 4.07. The minimum absolute atomic E-state index is 0.468. The number of anilines is 1. The summed E-state index contributed by atoms with van der Waals surface area (Å²) in [4.78, 5) is 21.4. The van der Waals surface area contributed by atoms with Gasteiger partial charge in [0.25, 0.3) is 0 Å². The largest absolute Gasteiger partial charge is 0.481 e. The average molecular weight is 302 g/mol. The molecule has 0 radical (unpaired) electrons. The zero-order valence-electron chi connectivity index (χ0n) is 9.11.